The Morgan fingerprint density at radius 3 is 1.79 bits per heavy atom. The molecule has 0 rings (SSSR count). The average molecular weight is 230 g/mol. The van der Waals surface area contributed by atoms with Crippen LogP contribution in [0.25, 0.3) is 0 Å². The average Bonchev–Trinajstić information content (AvgIpc) is 2.04. The summed E-state index contributed by atoms with van der Waals surface area (Å²) < 4.78 is 2.69. The summed E-state index contributed by atoms with van der Waals surface area (Å²) in [7, 11) is -2.29. The monoisotopic (exact) mass is 229 g/mol. The molecule has 1 nitrogen and oxygen atoms in total. The van der Waals surface area contributed by atoms with Gasteiger partial charge in [-0.3, -0.25) is 0 Å². The lowest BCUT2D eigenvalue weighted by atomic mass is 10.7. The quantitative estimate of drug-likeness (QED) is 0.630. The lowest BCUT2D eigenvalue weighted by Gasteiger charge is -2.39. The van der Waals surface area contributed by atoms with E-state index in [2.05, 4.69) is 56.9 Å². The maximum atomic E-state index is 3.99. The molecule has 0 aromatic carbocycles. The summed E-state index contributed by atoms with van der Waals surface area (Å²) >= 11 is 0. The topological polar surface area (TPSA) is 3.24 Å². The number of rotatable bonds is 6. The molecule has 0 aromatic heterocycles. The van der Waals surface area contributed by atoms with E-state index < -0.39 is 16.3 Å². The SMILES string of the molecule is C=C[Si](C)(C)C[Si](C)(C)N(CC)CC. The number of nitrogens with zero attached hydrogens (tertiary/aromatic N) is 1. The molecule has 0 heterocycles. The minimum absolute atomic E-state index is 1.12. The Balaban J connectivity index is 4.53. The van der Waals surface area contributed by atoms with E-state index in [-0.39, 0.29) is 0 Å². The minimum Gasteiger partial charge on any atom is -0.324 e. The molecule has 0 fully saturated rings. The van der Waals surface area contributed by atoms with Crippen molar-refractivity contribution in [3.05, 3.63) is 12.3 Å². The fourth-order valence-electron chi connectivity index (χ4n) is 2.38. The molecule has 0 aliphatic carbocycles. The first-order chi connectivity index (χ1) is 6.29. The highest BCUT2D eigenvalue weighted by Crippen LogP contribution is 2.23. The molecular formula is C11H27NSi2. The van der Waals surface area contributed by atoms with Crippen LogP contribution in [0.15, 0.2) is 12.3 Å². The first-order valence-corrected chi connectivity index (χ1v) is 12.1. The van der Waals surface area contributed by atoms with Gasteiger partial charge in [0.05, 0.1) is 8.07 Å². The minimum atomic E-state index is -1.17. The fourth-order valence-corrected chi connectivity index (χ4v) is 14.5. The molecule has 0 bridgehead atoms. The Morgan fingerprint density at radius 1 is 1.07 bits per heavy atom. The highest BCUT2D eigenvalue weighted by molar-refractivity contribution is 6.96. The van der Waals surface area contributed by atoms with E-state index >= 15 is 0 Å². The summed E-state index contributed by atoms with van der Waals surface area (Å²) in [6, 6.07) is 0. The van der Waals surface area contributed by atoms with Gasteiger partial charge < -0.3 is 4.57 Å². The van der Waals surface area contributed by atoms with Crippen molar-refractivity contribution in [2.45, 2.75) is 45.7 Å². The molecule has 0 N–H and O–H groups in total. The maximum Gasteiger partial charge on any atom is 0.119 e. The zero-order valence-electron chi connectivity index (χ0n) is 10.9. The Bertz CT molecular complexity index is 184. The molecule has 0 amide bonds. The van der Waals surface area contributed by atoms with Crippen LogP contribution in [0.2, 0.25) is 31.9 Å². The molecule has 0 saturated carbocycles. The van der Waals surface area contributed by atoms with E-state index in [4.69, 9.17) is 0 Å². The summed E-state index contributed by atoms with van der Waals surface area (Å²) in [6.07, 6.45) is 0. The standard InChI is InChI=1S/C11H27NSi2/c1-8-12(9-2)14(6,7)11-13(4,5)10-3/h10H,3,8-9,11H2,1-2,4-7H3. The molecule has 0 spiro atoms. The van der Waals surface area contributed by atoms with Crippen LogP contribution in [0.5, 0.6) is 0 Å². The van der Waals surface area contributed by atoms with Gasteiger partial charge in [-0.2, -0.15) is 0 Å². The van der Waals surface area contributed by atoms with Gasteiger partial charge in [0.2, 0.25) is 0 Å². The molecule has 0 aromatic rings. The van der Waals surface area contributed by atoms with Crippen LogP contribution >= 0.6 is 0 Å². The van der Waals surface area contributed by atoms with Crippen LogP contribution in [0, 0.1) is 0 Å². The second-order valence-electron chi connectivity index (χ2n) is 5.35. The van der Waals surface area contributed by atoms with Gasteiger partial charge in [0, 0.05) is 0 Å². The summed E-state index contributed by atoms with van der Waals surface area (Å²) in [6.45, 7) is 20.8. The van der Waals surface area contributed by atoms with Crippen LogP contribution in [0.1, 0.15) is 13.8 Å². The third-order valence-electron chi connectivity index (χ3n) is 3.06. The molecule has 0 atom stereocenters. The van der Waals surface area contributed by atoms with Crippen molar-refractivity contribution in [2.75, 3.05) is 13.1 Å². The predicted octanol–water partition coefficient (Wildman–Crippen LogP) is 3.51. The zero-order valence-corrected chi connectivity index (χ0v) is 12.9. The van der Waals surface area contributed by atoms with Gasteiger partial charge in [0.1, 0.15) is 8.24 Å². The third kappa shape index (κ3) is 4.11. The van der Waals surface area contributed by atoms with Crippen molar-refractivity contribution in [3.63, 3.8) is 0 Å². The Morgan fingerprint density at radius 2 is 1.50 bits per heavy atom. The molecule has 0 radical (unpaired) electrons. The molecule has 0 aliphatic rings. The van der Waals surface area contributed by atoms with Crippen molar-refractivity contribution in [3.8, 4) is 0 Å². The van der Waals surface area contributed by atoms with E-state index in [1.807, 2.05) is 0 Å². The molecule has 0 unspecified atom stereocenters. The van der Waals surface area contributed by atoms with Crippen LogP contribution in [-0.2, 0) is 0 Å². The second-order valence-corrected chi connectivity index (χ2v) is 15.4. The second kappa shape index (κ2) is 5.28. The van der Waals surface area contributed by atoms with Crippen molar-refractivity contribution < 1.29 is 0 Å². The molecular weight excluding hydrogens is 202 g/mol. The number of hydrogen-bond donors (Lipinski definition) is 0. The summed E-state index contributed by atoms with van der Waals surface area (Å²) in [5.74, 6) is 0. The van der Waals surface area contributed by atoms with E-state index in [9.17, 15) is 0 Å². The fraction of sp³-hybridized carbons (Fsp3) is 0.818. The van der Waals surface area contributed by atoms with Gasteiger partial charge >= 0.3 is 0 Å². The highest BCUT2D eigenvalue weighted by Gasteiger charge is 2.33. The highest BCUT2D eigenvalue weighted by atomic mass is 28.4. The Hall–Kier alpha value is 0.134. The molecule has 84 valence electrons. The van der Waals surface area contributed by atoms with Crippen LogP contribution < -0.4 is 0 Å². The number of hydrogen-bond acceptors (Lipinski definition) is 1. The van der Waals surface area contributed by atoms with Gasteiger partial charge in [-0.05, 0) is 18.8 Å². The maximum absolute atomic E-state index is 3.99. The first-order valence-electron chi connectivity index (χ1n) is 5.67. The zero-order chi connectivity index (χ0) is 11.4. The molecule has 14 heavy (non-hydrogen) atoms. The van der Waals surface area contributed by atoms with E-state index in [0.717, 1.165) is 0 Å². The van der Waals surface area contributed by atoms with Gasteiger partial charge in [-0.15, -0.1) is 12.3 Å². The molecule has 0 saturated heterocycles. The predicted molar refractivity (Wildman–Crippen MR) is 72.9 cm³/mol. The van der Waals surface area contributed by atoms with Gasteiger partial charge in [-0.1, -0.05) is 40.0 Å². The Labute approximate surface area is 92.3 Å². The van der Waals surface area contributed by atoms with Crippen LogP contribution in [0.4, 0.5) is 0 Å². The lowest BCUT2D eigenvalue weighted by molar-refractivity contribution is 0.468. The van der Waals surface area contributed by atoms with Gasteiger partial charge in [0.25, 0.3) is 0 Å². The molecule has 3 heteroatoms. The summed E-state index contributed by atoms with van der Waals surface area (Å²) in [5.41, 5.74) is 3.68. The lowest BCUT2D eigenvalue weighted by Crippen LogP contribution is -2.52. The van der Waals surface area contributed by atoms with E-state index in [1.54, 1.807) is 0 Å². The molecule has 0 aliphatic heterocycles. The van der Waals surface area contributed by atoms with Crippen LogP contribution in [0.3, 0.4) is 0 Å². The van der Waals surface area contributed by atoms with Crippen LogP contribution in [-0.4, -0.2) is 34.0 Å². The van der Waals surface area contributed by atoms with Gasteiger partial charge in [-0.25, -0.2) is 0 Å². The largest absolute Gasteiger partial charge is 0.324 e. The first kappa shape index (κ1) is 14.1. The third-order valence-corrected chi connectivity index (χ3v) is 13.6. The van der Waals surface area contributed by atoms with Crippen molar-refractivity contribution in [2.24, 2.45) is 0 Å². The Kier molecular flexibility index (Phi) is 5.33. The normalized spacial score (nSPS) is 13.4. The van der Waals surface area contributed by atoms with E-state index in [1.165, 1.54) is 18.8 Å². The van der Waals surface area contributed by atoms with Gasteiger partial charge in [0.15, 0.2) is 0 Å². The van der Waals surface area contributed by atoms with E-state index in [0.29, 0.717) is 0 Å². The van der Waals surface area contributed by atoms with Crippen molar-refractivity contribution in [1.82, 2.24) is 4.57 Å². The van der Waals surface area contributed by atoms with Crippen molar-refractivity contribution in [1.29, 1.82) is 0 Å². The smallest absolute Gasteiger partial charge is 0.119 e. The summed E-state index contributed by atoms with van der Waals surface area (Å²) in [4.78, 5) is 0. The summed E-state index contributed by atoms with van der Waals surface area (Å²) in [5, 5.41) is 0. The van der Waals surface area contributed by atoms with Crippen molar-refractivity contribution >= 4 is 16.3 Å².